The van der Waals surface area contributed by atoms with Gasteiger partial charge in [0.2, 0.25) is 0 Å². The van der Waals surface area contributed by atoms with Gasteiger partial charge in [-0.3, -0.25) is 4.79 Å². The number of Topliss-reactive ketones (excluding diaryl/α,β-unsaturated/α-hetero) is 1. The lowest BCUT2D eigenvalue weighted by atomic mass is 9.84. The predicted molar refractivity (Wildman–Crippen MR) is 141 cm³/mol. The highest BCUT2D eigenvalue weighted by Crippen LogP contribution is 2.32. The second-order valence-corrected chi connectivity index (χ2v) is 10.6. The van der Waals surface area contributed by atoms with E-state index in [1.165, 1.54) is 37.7 Å². The average molecular weight is 510 g/mol. The molecule has 0 aromatic heterocycles. The largest absolute Gasteiger partial charge is 0.456 e. The number of esters is 1. The molecule has 1 aliphatic carbocycles. The van der Waals surface area contributed by atoms with E-state index < -0.39 is 36.4 Å². The van der Waals surface area contributed by atoms with Crippen LogP contribution in [0.3, 0.4) is 0 Å². The SMILES string of the molecule is C[C@@H](OCc1ccccc1)[C@H](NC(=O)OC(C)(C)C)C(=O)OCC(=O)c1ccc(C2CCCCC2)cc1. The van der Waals surface area contributed by atoms with Gasteiger partial charge in [0.25, 0.3) is 0 Å². The van der Waals surface area contributed by atoms with Crippen molar-refractivity contribution < 1.29 is 28.6 Å². The number of rotatable bonds is 10. The summed E-state index contributed by atoms with van der Waals surface area (Å²) < 4.78 is 16.5. The Morgan fingerprint density at radius 2 is 1.59 bits per heavy atom. The highest BCUT2D eigenvalue weighted by atomic mass is 16.6. The van der Waals surface area contributed by atoms with E-state index in [2.05, 4.69) is 5.32 Å². The van der Waals surface area contributed by atoms with Gasteiger partial charge >= 0.3 is 12.1 Å². The van der Waals surface area contributed by atoms with Crippen molar-refractivity contribution in [3.8, 4) is 0 Å². The van der Waals surface area contributed by atoms with Gasteiger partial charge in [-0.05, 0) is 57.6 Å². The summed E-state index contributed by atoms with van der Waals surface area (Å²) in [5.74, 6) is -0.524. The van der Waals surface area contributed by atoms with Gasteiger partial charge in [-0.1, -0.05) is 73.9 Å². The summed E-state index contributed by atoms with van der Waals surface area (Å²) in [4.78, 5) is 38.1. The van der Waals surface area contributed by atoms with Gasteiger partial charge in [-0.25, -0.2) is 9.59 Å². The minimum absolute atomic E-state index is 0.244. The number of carbonyl (C=O) groups excluding carboxylic acids is 3. The molecule has 7 nitrogen and oxygen atoms in total. The number of carbonyl (C=O) groups is 3. The van der Waals surface area contributed by atoms with Crippen molar-refractivity contribution in [3.63, 3.8) is 0 Å². The molecule has 0 unspecified atom stereocenters. The van der Waals surface area contributed by atoms with Gasteiger partial charge in [-0.2, -0.15) is 0 Å². The Morgan fingerprint density at radius 3 is 2.22 bits per heavy atom. The summed E-state index contributed by atoms with van der Waals surface area (Å²) >= 11 is 0. The average Bonchev–Trinajstić information content (AvgIpc) is 2.89. The molecular weight excluding hydrogens is 470 g/mol. The van der Waals surface area contributed by atoms with Gasteiger partial charge < -0.3 is 19.5 Å². The Hall–Kier alpha value is -3.19. The van der Waals surface area contributed by atoms with Crippen LogP contribution in [0.5, 0.6) is 0 Å². The van der Waals surface area contributed by atoms with Crippen LogP contribution >= 0.6 is 0 Å². The van der Waals surface area contributed by atoms with Crippen LogP contribution in [0, 0.1) is 0 Å². The van der Waals surface area contributed by atoms with Crippen LogP contribution in [0.2, 0.25) is 0 Å². The van der Waals surface area contributed by atoms with Gasteiger partial charge in [0, 0.05) is 5.56 Å². The van der Waals surface area contributed by atoms with Crippen molar-refractivity contribution in [2.24, 2.45) is 0 Å². The first-order chi connectivity index (χ1) is 17.6. The zero-order valence-electron chi connectivity index (χ0n) is 22.3. The number of hydrogen-bond acceptors (Lipinski definition) is 6. The Morgan fingerprint density at radius 1 is 0.946 bits per heavy atom. The first-order valence-electron chi connectivity index (χ1n) is 13.1. The maximum absolute atomic E-state index is 13.0. The highest BCUT2D eigenvalue weighted by Gasteiger charge is 2.31. The Balaban J connectivity index is 1.60. The standard InChI is InChI=1S/C30H39NO6/c1-21(35-19-22-11-7-5-8-12-22)27(31-29(34)37-30(2,3)4)28(33)36-20-26(32)25-17-15-24(16-18-25)23-13-9-6-10-14-23/h5,7-8,11-12,15-18,21,23,27H,6,9-10,13-14,19-20H2,1-4H3,(H,31,34)/t21-,27+/m1/s1. The van der Waals surface area contributed by atoms with E-state index in [0.29, 0.717) is 11.5 Å². The molecule has 0 radical (unpaired) electrons. The van der Waals surface area contributed by atoms with Crippen molar-refractivity contribution in [3.05, 3.63) is 71.3 Å². The van der Waals surface area contributed by atoms with E-state index in [9.17, 15) is 14.4 Å². The molecule has 0 heterocycles. The molecular formula is C30H39NO6. The monoisotopic (exact) mass is 509 g/mol. The van der Waals surface area contributed by atoms with E-state index in [1.54, 1.807) is 39.8 Å². The molecule has 1 fully saturated rings. The quantitative estimate of drug-likeness (QED) is 0.314. The lowest BCUT2D eigenvalue weighted by Crippen LogP contribution is -2.51. The molecule has 1 saturated carbocycles. The number of nitrogens with one attached hydrogen (secondary N) is 1. The van der Waals surface area contributed by atoms with E-state index >= 15 is 0 Å². The summed E-state index contributed by atoms with van der Waals surface area (Å²) in [5.41, 5.74) is 1.91. The van der Waals surface area contributed by atoms with Crippen LogP contribution in [0.1, 0.15) is 87.2 Å². The first-order valence-corrected chi connectivity index (χ1v) is 13.1. The Kier molecular flexibility index (Phi) is 10.3. The fourth-order valence-electron chi connectivity index (χ4n) is 4.39. The van der Waals surface area contributed by atoms with Crippen molar-refractivity contribution in [1.82, 2.24) is 5.32 Å². The second kappa shape index (κ2) is 13.4. The molecule has 0 spiro atoms. The molecule has 2 atom stereocenters. The van der Waals surface area contributed by atoms with E-state index in [0.717, 1.165) is 5.56 Å². The second-order valence-electron chi connectivity index (χ2n) is 10.6. The molecule has 1 N–H and O–H groups in total. The van der Waals surface area contributed by atoms with Gasteiger partial charge in [0.05, 0.1) is 12.7 Å². The maximum Gasteiger partial charge on any atom is 0.408 e. The normalized spacial score (nSPS) is 15.9. The molecule has 7 heteroatoms. The van der Waals surface area contributed by atoms with Gasteiger partial charge in [0.15, 0.2) is 18.4 Å². The topological polar surface area (TPSA) is 90.9 Å². The number of ketones is 1. The Labute approximate surface area is 219 Å². The Bertz CT molecular complexity index is 1020. The molecule has 200 valence electrons. The molecule has 0 aliphatic heterocycles. The highest BCUT2D eigenvalue weighted by molar-refractivity contribution is 5.98. The molecule has 0 saturated heterocycles. The van der Waals surface area contributed by atoms with Crippen molar-refractivity contribution in [2.75, 3.05) is 6.61 Å². The number of alkyl carbamates (subject to hydrolysis) is 1. The molecule has 2 aromatic carbocycles. The van der Waals surface area contributed by atoms with E-state index in [1.807, 2.05) is 42.5 Å². The summed E-state index contributed by atoms with van der Waals surface area (Å²) in [6, 6.07) is 15.9. The number of hydrogen-bond donors (Lipinski definition) is 1. The maximum atomic E-state index is 13.0. The van der Waals surface area contributed by atoms with Crippen LogP contribution in [0.25, 0.3) is 0 Å². The zero-order valence-corrected chi connectivity index (χ0v) is 22.3. The molecule has 1 amide bonds. The van der Waals surface area contributed by atoms with E-state index in [-0.39, 0.29) is 12.4 Å². The van der Waals surface area contributed by atoms with Crippen LogP contribution in [0.4, 0.5) is 4.79 Å². The van der Waals surface area contributed by atoms with Crippen LogP contribution in [-0.2, 0) is 25.6 Å². The number of amides is 1. The van der Waals surface area contributed by atoms with E-state index in [4.69, 9.17) is 14.2 Å². The lowest BCUT2D eigenvalue weighted by Gasteiger charge is -2.26. The van der Waals surface area contributed by atoms with Crippen LogP contribution in [0.15, 0.2) is 54.6 Å². The summed E-state index contributed by atoms with van der Waals surface area (Å²) in [7, 11) is 0. The fourth-order valence-corrected chi connectivity index (χ4v) is 4.39. The summed E-state index contributed by atoms with van der Waals surface area (Å²) in [6.07, 6.45) is 4.64. The predicted octanol–water partition coefficient (Wildman–Crippen LogP) is 5.96. The van der Waals surface area contributed by atoms with Crippen LogP contribution in [-0.4, -0.2) is 42.2 Å². The first kappa shape index (κ1) is 28.4. The van der Waals surface area contributed by atoms with Crippen molar-refractivity contribution in [2.45, 2.75) is 90.1 Å². The molecule has 1 aliphatic rings. The molecule has 0 bridgehead atoms. The van der Waals surface area contributed by atoms with Gasteiger partial charge in [-0.15, -0.1) is 0 Å². The molecule has 3 rings (SSSR count). The minimum Gasteiger partial charge on any atom is -0.456 e. The smallest absolute Gasteiger partial charge is 0.408 e. The fraction of sp³-hybridized carbons (Fsp3) is 0.500. The summed E-state index contributed by atoms with van der Waals surface area (Å²) in [6.45, 7) is 6.67. The van der Waals surface area contributed by atoms with Crippen molar-refractivity contribution in [1.29, 1.82) is 0 Å². The third kappa shape index (κ3) is 9.32. The van der Waals surface area contributed by atoms with Crippen LogP contribution < -0.4 is 5.32 Å². The zero-order chi connectivity index (χ0) is 26.8. The van der Waals surface area contributed by atoms with Gasteiger partial charge in [0.1, 0.15) is 5.60 Å². The lowest BCUT2D eigenvalue weighted by molar-refractivity contribution is -0.149. The molecule has 37 heavy (non-hydrogen) atoms. The number of benzene rings is 2. The van der Waals surface area contributed by atoms with Crippen molar-refractivity contribution >= 4 is 17.8 Å². The minimum atomic E-state index is -1.15. The summed E-state index contributed by atoms with van der Waals surface area (Å²) in [5, 5.41) is 2.54. The molecule has 2 aromatic rings. The third-order valence-electron chi connectivity index (χ3n) is 6.41. The number of ether oxygens (including phenoxy) is 3. The third-order valence-corrected chi connectivity index (χ3v) is 6.41.